The maximum atomic E-state index is 13.5. The molecule has 0 fully saturated rings. The van der Waals surface area contributed by atoms with E-state index in [0.717, 1.165) is 6.07 Å². The maximum absolute atomic E-state index is 13.5. The molecule has 0 aliphatic heterocycles. The van der Waals surface area contributed by atoms with Crippen molar-refractivity contribution in [1.29, 1.82) is 0 Å². The molecule has 148 valence electrons. The Hall–Kier alpha value is -3.36. The van der Waals surface area contributed by atoms with Gasteiger partial charge in [-0.3, -0.25) is 14.4 Å². The maximum Gasteiger partial charge on any atom is 0.308 e. The van der Waals surface area contributed by atoms with Crippen LogP contribution in [0.2, 0.25) is 0 Å². The third kappa shape index (κ3) is 5.57. The van der Waals surface area contributed by atoms with E-state index >= 15 is 0 Å². The largest absolute Gasteiger partial charge is 0.427 e. The first-order valence-corrected chi connectivity index (χ1v) is 8.28. The van der Waals surface area contributed by atoms with Crippen molar-refractivity contribution in [2.24, 2.45) is 0 Å². The standard InChI is InChI=1S/C19H17F3N2O4/c1-11(25)28-13-5-2-4-12(10-13)18(26)23-8-3-9-24-19(27)14-6-7-15(20)17(22)16(14)21/h2,4-7,10H,3,8-9H2,1H3,(H,23,26)(H,24,27). The van der Waals surface area contributed by atoms with Crippen molar-refractivity contribution >= 4 is 17.8 Å². The molecule has 0 saturated heterocycles. The Morgan fingerprint density at radius 1 is 0.929 bits per heavy atom. The lowest BCUT2D eigenvalue weighted by molar-refractivity contribution is -0.131. The first-order chi connectivity index (χ1) is 13.3. The van der Waals surface area contributed by atoms with Crippen LogP contribution in [-0.4, -0.2) is 30.9 Å². The molecule has 2 amide bonds. The third-order valence-electron chi connectivity index (χ3n) is 3.56. The summed E-state index contributed by atoms with van der Waals surface area (Å²) in [6.07, 6.45) is 0.312. The Kier molecular flexibility index (Phi) is 7.14. The minimum Gasteiger partial charge on any atom is -0.427 e. The van der Waals surface area contributed by atoms with Gasteiger partial charge in [0.05, 0.1) is 5.56 Å². The van der Waals surface area contributed by atoms with E-state index in [4.69, 9.17) is 4.74 Å². The van der Waals surface area contributed by atoms with Crippen LogP contribution in [0.25, 0.3) is 0 Å². The highest BCUT2D eigenvalue weighted by atomic mass is 19.2. The highest BCUT2D eigenvalue weighted by Gasteiger charge is 2.18. The lowest BCUT2D eigenvalue weighted by Gasteiger charge is -2.09. The zero-order valence-corrected chi connectivity index (χ0v) is 14.9. The van der Waals surface area contributed by atoms with E-state index < -0.39 is 40.8 Å². The number of nitrogens with one attached hydrogen (secondary N) is 2. The minimum atomic E-state index is -1.71. The number of amides is 2. The monoisotopic (exact) mass is 394 g/mol. The molecule has 0 aromatic heterocycles. The average Bonchev–Trinajstić information content (AvgIpc) is 2.65. The minimum absolute atomic E-state index is 0.0744. The van der Waals surface area contributed by atoms with Crippen LogP contribution in [0.3, 0.4) is 0 Å². The van der Waals surface area contributed by atoms with Crippen LogP contribution in [0.4, 0.5) is 13.2 Å². The van der Waals surface area contributed by atoms with Crippen LogP contribution >= 0.6 is 0 Å². The fourth-order valence-electron chi connectivity index (χ4n) is 2.26. The van der Waals surface area contributed by atoms with Gasteiger partial charge in [-0.05, 0) is 36.8 Å². The third-order valence-corrected chi connectivity index (χ3v) is 3.56. The molecular weight excluding hydrogens is 377 g/mol. The number of benzene rings is 2. The molecule has 2 N–H and O–H groups in total. The summed E-state index contributed by atoms with van der Waals surface area (Å²) in [5, 5.41) is 4.96. The van der Waals surface area contributed by atoms with Gasteiger partial charge in [0.25, 0.3) is 11.8 Å². The average molecular weight is 394 g/mol. The van der Waals surface area contributed by atoms with Gasteiger partial charge in [-0.15, -0.1) is 0 Å². The van der Waals surface area contributed by atoms with Gasteiger partial charge in [0.15, 0.2) is 17.5 Å². The summed E-state index contributed by atoms with van der Waals surface area (Å²) in [6, 6.07) is 7.55. The van der Waals surface area contributed by atoms with E-state index in [2.05, 4.69) is 10.6 Å². The lowest BCUT2D eigenvalue weighted by Crippen LogP contribution is -2.30. The second-order valence-electron chi connectivity index (χ2n) is 5.71. The van der Waals surface area contributed by atoms with Crippen LogP contribution < -0.4 is 15.4 Å². The van der Waals surface area contributed by atoms with E-state index in [9.17, 15) is 27.6 Å². The molecule has 0 spiro atoms. The van der Waals surface area contributed by atoms with Crippen molar-refractivity contribution in [1.82, 2.24) is 10.6 Å². The van der Waals surface area contributed by atoms with Crippen molar-refractivity contribution in [3.63, 3.8) is 0 Å². The Balaban J connectivity index is 1.78. The second kappa shape index (κ2) is 9.54. The van der Waals surface area contributed by atoms with Gasteiger partial charge in [0.2, 0.25) is 0 Å². The number of rotatable bonds is 7. The quantitative estimate of drug-likeness (QED) is 0.327. The fourth-order valence-corrected chi connectivity index (χ4v) is 2.26. The van der Waals surface area contributed by atoms with Crippen LogP contribution in [0.15, 0.2) is 36.4 Å². The molecule has 9 heteroatoms. The van der Waals surface area contributed by atoms with Gasteiger partial charge >= 0.3 is 5.97 Å². The SMILES string of the molecule is CC(=O)Oc1cccc(C(=O)NCCCNC(=O)c2ccc(F)c(F)c2F)c1. The smallest absolute Gasteiger partial charge is 0.308 e. The van der Waals surface area contributed by atoms with Gasteiger partial charge in [-0.1, -0.05) is 6.07 Å². The molecule has 0 saturated carbocycles. The molecule has 2 rings (SSSR count). The highest BCUT2D eigenvalue weighted by Crippen LogP contribution is 2.15. The summed E-state index contributed by atoms with van der Waals surface area (Å²) in [5.41, 5.74) is -0.322. The highest BCUT2D eigenvalue weighted by molar-refractivity contribution is 5.95. The number of carbonyl (C=O) groups is 3. The molecule has 2 aromatic rings. The summed E-state index contributed by atoms with van der Waals surface area (Å²) in [4.78, 5) is 34.8. The van der Waals surface area contributed by atoms with Crippen molar-refractivity contribution in [3.05, 3.63) is 65.0 Å². The molecule has 0 unspecified atom stereocenters. The molecule has 2 aromatic carbocycles. The number of esters is 1. The van der Waals surface area contributed by atoms with Gasteiger partial charge in [-0.2, -0.15) is 0 Å². The summed E-state index contributed by atoms with van der Waals surface area (Å²) >= 11 is 0. The van der Waals surface area contributed by atoms with Gasteiger partial charge in [0, 0.05) is 25.6 Å². The number of ether oxygens (including phenoxy) is 1. The fraction of sp³-hybridized carbons (Fsp3) is 0.211. The second-order valence-corrected chi connectivity index (χ2v) is 5.71. The van der Waals surface area contributed by atoms with Gasteiger partial charge < -0.3 is 15.4 Å². The zero-order valence-electron chi connectivity index (χ0n) is 14.9. The van der Waals surface area contributed by atoms with E-state index in [1.807, 2.05) is 0 Å². The van der Waals surface area contributed by atoms with Crippen LogP contribution in [-0.2, 0) is 4.79 Å². The Bertz CT molecular complexity index is 903. The van der Waals surface area contributed by atoms with Crippen molar-refractivity contribution in [2.45, 2.75) is 13.3 Å². The molecule has 6 nitrogen and oxygen atoms in total. The number of carbonyl (C=O) groups excluding carboxylic acids is 3. The number of halogens is 3. The summed E-state index contributed by atoms with van der Waals surface area (Å²) in [7, 11) is 0. The molecule has 0 aliphatic rings. The predicted octanol–water partition coefficient (Wildman–Crippen LogP) is 2.58. The van der Waals surface area contributed by atoms with E-state index in [0.29, 0.717) is 12.5 Å². The number of hydrogen-bond acceptors (Lipinski definition) is 4. The molecule has 0 aliphatic carbocycles. The van der Waals surface area contributed by atoms with Crippen LogP contribution in [0, 0.1) is 17.5 Å². The zero-order chi connectivity index (χ0) is 20.7. The molecule has 28 heavy (non-hydrogen) atoms. The van der Waals surface area contributed by atoms with E-state index in [1.165, 1.54) is 25.1 Å². The number of hydrogen-bond donors (Lipinski definition) is 2. The normalized spacial score (nSPS) is 10.3. The molecule has 0 heterocycles. The van der Waals surface area contributed by atoms with Crippen LogP contribution in [0.5, 0.6) is 5.75 Å². The predicted molar refractivity (Wildman–Crippen MR) is 93.4 cm³/mol. The molecular formula is C19H17F3N2O4. The molecule has 0 bridgehead atoms. The van der Waals surface area contributed by atoms with Crippen molar-refractivity contribution in [2.75, 3.05) is 13.1 Å². The first-order valence-electron chi connectivity index (χ1n) is 8.28. The van der Waals surface area contributed by atoms with Crippen molar-refractivity contribution < 1.29 is 32.3 Å². The molecule has 0 radical (unpaired) electrons. The van der Waals surface area contributed by atoms with E-state index in [1.54, 1.807) is 6.07 Å². The summed E-state index contributed by atoms with van der Waals surface area (Å²) in [6.45, 7) is 1.51. The lowest BCUT2D eigenvalue weighted by atomic mass is 10.2. The topological polar surface area (TPSA) is 84.5 Å². The molecule has 0 atom stereocenters. The van der Waals surface area contributed by atoms with Crippen molar-refractivity contribution in [3.8, 4) is 5.75 Å². The summed E-state index contributed by atoms with van der Waals surface area (Å²) < 4.78 is 44.4. The Morgan fingerprint density at radius 3 is 2.29 bits per heavy atom. The Labute approximate surface area is 158 Å². The Morgan fingerprint density at radius 2 is 1.61 bits per heavy atom. The summed E-state index contributed by atoms with van der Waals surface area (Å²) in [5.74, 6) is -6.22. The van der Waals surface area contributed by atoms with E-state index in [-0.39, 0.29) is 24.4 Å². The van der Waals surface area contributed by atoms with Crippen LogP contribution in [0.1, 0.15) is 34.1 Å². The van der Waals surface area contributed by atoms with Gasteiger partial charge in [0.1, 0.15) is 5.75 Å². The van der Waals surface area contributed by atoms with Gasteiger partial charge in [-0.25, -0.2) is 13.2 Å². The first kappa shape index (κ1) is 20.9.